The Labute approximate surface area is 170 Å². The first kappa shape index (κ1) is 19.2. The summed E-state index contributed by atoms with van der Waals surface area (Å²) >= 11 is 0. The number of pyridine rings is 1. The highest BCUT2D eigenvalue weighted by Crippen LogP contribution is 2.36. The van der Waals surface area contributed by atoms with Gasteiger partial charge in [-0.15, -0.1) is 0 Å². The van der Waals surface area contributed by atoms with Crippen molar-refractivity contribution in [1.82, 2.24) is 4.98 Å². The summed E-state index contributed by atoms with van der Waals surface area (Å²) in [4.78, 5) is 4.09. The van der Waals surface area contributed by atoms with Crippen molar-refractivity contribution in [2.75, 3.05) is 7.11 Å². The van der Waals surface area contributed by atoms with Gasteiger partial charge in [-0.3, -0.25) is 4.98 Å². The Morgan fingerprint density at radius 1 is 0.931 bits per heavy atom. The Balaban J connectivity index is 1.77. The van der Waals surface area contributed by atoms with Gasteiger partial charge < -0.3 is 9.47 Å². The van der Waals surface area contributed by atoms with Crippen LogP contribution in [0.15, 0.2) is 67.0 Å². The maximum absolute atomic E-state index is 13.5. The van der Waals surface area contributed by atoms with Crippen LogP contribution in [-0.4, -0.2) is 18.2 Å². The van der Waals surface area contributed by atoms with Gasteiger partial charge >= 0.3 is 0 Å². The van der Waals surface area contributed by atoms with Crippen LogP contribution in [0, 0.1) is 5.82 Å². The molecule has 2 aromatic carbocycles. The molecule has 1 heterocycles. The van der Waals surface area contributed by atoms with E-state index in [-0.39, 0.29) is 11.9 Å². The number of aromatic nitrogens is 1. The van der Waals surface area contributed by atoms with E-state index < -0.39 is 0 Å². The van der Waals surface area contributed by atoms with Gasteiger partial charge in [0.25, 0.3) is 0 Å². The number of benzene rings is 2. The number of methoxy groups -OCH3 is 1. The smallest absolute Gasteiger partial charge is 0.162 e. The molecule has 0 spiro atoms. The Morgan fingerprint density at radius 3 is 2.31 bits per heavy atom. The maximum atomic E-state index is 13.5. The van der Waals surface area contributed by atoms with E-state index in [1.54, 1.807) is 31.6 Å². The molecule has 0 amide bonds. The minimum absolute atomic E-state index is 0.234. The number of nitrogens with zero attached hydrogens (tertiary/aromatic N) is 1. The molecule has 1 fully saturated rings. The summed E-state index contributed by atoms with van der Waals surface area (Å²) in [6, 6.07) is 16.4. The topological polar surface area (TPSA) is 31.4 Å². The van der Waals surface area contributed by atoms with E-state index in [1.165, 1.54) is 25.0 Å². The van der Waals surface area contributed by atoms with Crippen molar-refractivity contribution in [1.29, 1.82) is 0 Å². The fraction of sp³-hybridized carbons (Fsp3) is 0.240. The van der Waals surface area contributed by atoms with Crippen LogP contribution >= 0.6 is 0 Å². The van der Waals surface area contributed by atoms with Crippen LogP contribution in [0.2, 0.25) is 0 Å². The molecule has 1 aliphatic rings. The van der Waals surface area contributed by atoms with Crippen molar-refractivity contribution in [3.63, 3.8) is 0 Å². The van der Waals surface area contributed by atoms with Crippen LogP contribution in [0.1, 0.15) is 42.4 Å². The maximum Gasteiger partial charge on any atom is 0.162 e. The summed E-state index contributed by atoms with van der Waals surface area (Å²) in [6.07, 6.45) is 10.4. The van der Waals surface area contributed by atoms with Crippen molar-refractivity contribution in [2.24, 2.45) is 0 Å². The molecular weight excluding hydrogens is 365 g/mol. The quantitative estimate of drug-likeness (QED) is 0.507. The van der Waals surface area contributed by atoms with Crippen molar-refractivity contribution >= 4 is 11.6 Å². The molecule has 0 bridgehead atoms. The molecule has 1 saturated carbocycles. The van der Waals surface area contributed by atoms with Crippen molar-refractivity contribution in [3.8, 4) is 11.5 Å². The van der Waals surface area contributed by atoms with Crippen LogP contribution in [0.3, 0.4) is 0 Å². The Kier molecular flexibility index (Phi) is 5.89. The van der Waals surface area contributed by atoms with Crippen LogP contribution in [0.5, 0.6) is 11.5 Å². The lowest BCUT2D eigenvalue weighted by Gasteiger charge is -2.18. The summed E-state index contributed by atoms with van der Waals surface area (Å²) < 4.78 is 25.3. The molecule has 0 unspecified atom stereocenters. The molecule has 0 radical (unpaired) electrons. The van der Waals surface area contributed by atoms with Gasteiger partial charge in [-0.2, -0.15) is 0 Å². The average molecular weight is 389 g/mol. The van der Waals surface area contributed by atoms with Crippen molar-refractivity contribution < 1.29 is 13.9 Å². The first-order chi connectivity index (χ1) is 14.2. The number of ether oxygens (including phenoxy) is 2. The van der Waals surface area contributed by atoms with Gasteiger partial charge in [0.05, 0.1) is 13.2 Å². The predicted molar refractivity (Wildman–Crippen MR) is 113 cm³/mol. The van der Waals surface area contributed by atoms with E-state index in [2.05, 4.69) is 11.1 Å². The highest BCUT2D eigenvalue weighted by Gasteiger charge is 2.19. The molecule has 1 aliphatic carbocycles. The zero-order chi connectivity index (χ0) is 20.1. The normalized spacial score (nSPS) is 14.8. The van der Waals surface area contributed by atoms with E-state index in [0.717, 1.165) is 46.6 Å². The molecule has 3 nitrogen and oxygen atoms in total. The molecule has 0 aliphatic heterocycles. The van der Waals surface area contributed by atoms with E-state index in [4.69, 9.17) is 9.47 Å². The molecule has 4 rings (SSSR count). The third-order valence-electron chi connectivity index (χ3n) is 5.24. The second kappa shape index (κ2) is 8.91. The molecule has 148 valence electrons. The van der Waals surface area contributed by atoms with Gasteiger partial charge in [0.15, 0.2) is 11.5 Å². The predicted octanol–water partition coefficient (Wildman–Crippen LogP) is 6.14. The van der Waals surface area contributed by atoms with Crippen LogP contribution < -0.4 is 9.47 Å². The van der Waals surface area contributed by atoms with Gasteiger partial charge in [0.1, 0.15) is 5.82 Å². The highest BCUT2D eigenvalue weighted by atomic mass is 19.1. The first-order valence-electron chi connectivity index (χ1n) is 9.95. The molecule has 3 aromatic rings. The monoisotopic (exact) mass is 389 g/mol. The van der Waals surface area contributed by atoms with Crippen LogP contribution in [-0.2, 0) is 0 Å². The molecule has 0 saturated heterocycles. The highest BCUT2D eigenvalue weighted by molar-refractivity contribution is 5.91. The Hall–Kier alpha value is -3.14. The van der Waals surface area contributed by atoms with Crippen LogP contribution in [0.25, 0.3) is 11.6 Å². The van der Waals surface area contributed by atoms with Gasteiger partial charge in [-0.05, 0) is 90.4 Å². The Bertz CT molecular complexity index is 977. The molecule has 0 atom stereocenters. The second-order valence-electron chi connectivity index (χ2n) is 7.24. The van der Waals surface area contributed by atoms with E-state index >= 15 is 0 Å². The molecule has 4 heteroatoms. The molecular formula is C25H24FNO2. The van der Waals surface area contributed by atoms with E-state index in [9.17, 15) is 4.39 Å². The van der Waals surface area contributed by atoms with Crippen molar-refractivity contribution in [2.45, 2.75) is 31.8 Å². The third kappa shape index (κ3) is 4.65. The lowest BCUT2D eigenvalue weighted by Crippen LogP contribution is -2.11. The number of hydrogen-bond donors (Lipinski definition) is 0. The third-order valence-corrected chi connectivity index (χ3v) is 5.24. The van der Waals surface area contributed by atoms with Gasteiger partial charge in [-0.25, -0.2) is 4.39 Å². The summed E-state index contributed by atoms with van der Waals surface area (Å²) in [5, 5.41) is 0. The lowest BCUT2D eigenvalue weighted by molar-refractivity contribution is 0.201. The second-order valence-corrected chi connectivity index (χ2v) is 7.24. The summed E-state index contributed by atoms with van der Waals surface area (Å²) in [5.74, 6) is 1.22. The largest absolute Gasteiger partial charge is 0.493 e. The Morgan fingerprint density at radius 2 is 1.62 bits per heavy atom. The molecule has 1 aromatic heterocycles. The lowest BCUT2D eigenvalue weighted by atomic mass is 9.95. The van der Waals surface area contributed by atoms with E-state index in [0.29, 0.717) is 0 Å². The fourth-order valence-electron chi connectivity index (χ4n) is 3.71. The number of rotatable bonds is 6. The van der Waals surface area contributed by atoms with Crippen LogP contribution in [0.4, 0.5) is 4.39 Å². The summed E-state index contributed by atoms with van der Waals surface area (Å²) in [5.41, 5.74) is 3.92. The molecule has 0 N–H and O–H groups in total. The van der Waals surface area contributed by atoms with Gasteiger partial charge in [-0.1, -0.05) is 18.2 Å². The van der Waals surface area contributed by atoms with Gasteiger partial charge in [0, 0.05) is 12.4 Å². The zero-order valence-corrected chi connectivity index (χ0v) is 16.5. The summed E-state index contributed by atoms with van der Waals surface area (Å²) in [7, 11) is 1.66. The zero-order valence-electron chi connectivity index (χ0n) is 16.5. The van der Waals surface area contributed by atoms with E-state index in [1.807, 2.05) is 30.3 Å². The first-order valence-corrected chi connectivity index (χ1v) is 9.95. The SMILES string of the molecule is COc1ccc(C(=Cc2ccncc2)c2ccc(F)cc2)cc1OC1CCCC1. The van der Waals surface area contributed by atoms with Crippen molar-refractivity contribution in [3.05, 3.63) is 89.5 Å². The molecule has 29 heavy (non-hydrogen) atoms. The average Bonchev–Trinajstić information content (AvgIpc) is 3.27. The minimum atomic E-state index is -0.253. The number of halogens is 1. The van der Waals surface area contributed by atoms with Gasteiger partial charge in [0.2, 0.25) is 0 Å². The summed E-state index contributed by atoms with van der Waals surface area (Å²) in [6.45, 7) is 0. The number of hydrogen-bond acceptors (Lipinski definition) is 3. The minimum Gasteiger partial charge on any atom is -0.493 e. The fourth-order valence-corrected chi connectivity index (χ4v) is 3.71. The standard InChI is InChI=1S/C25H24FNO2/c1-28-24-11-8-20(17-25(24)29-22-4-2-3-5-22)23(16-18-12-14-27-15-13-18)19-6-9-21(26)10-7-19/h6-17,22H,2-5H2,1H3.